The molecule has 0 spiro atoms. The molecule has 0 aliphatic carbocycles. The third kappa shape index (κ3) is 2.58. The molecule has 0 radical (unpaired) electrons. The van der Waals surface area contributed by atoms with Crippen molar-refractivity contribution in [2.45, 2.75) is 6.42 Å². The van der Waals surface area contributed by atoms with Gasteiger partial charge in [0, 0.05) is 23.2 Å². The van der Waals surface area contributed by atoms with E-state index in [1.54, 1.807) is 30.3 Å². The second kappa shape index (κ2) is 5.20. The fourth-order valence-corrected chi connectivity index (χ4v) is 1.72. The Balaban J connectivity index is 2.17. The molecular formula is C16H13NO. The molecule has 2 heteroatoms. The SMILES string of the molecule is C#Cc1ccc(C(=O)Cc2ccccc2N)cc1. The van der Waals surface area contributed by atoms with E-state index in [2.05, 4.69) is 5.92 Å². The van der Waals surface area contributed by atoms with Gasteiger partial charge in [0.2, 0.25) is 0 Å². The average molecular weight is 235 g/mol. The Morgan fingerprint density at radius 1 is 1.11 bits per heavy atom. The molecule has 0 atom stereocenters. The highest BCUT2D eigenvalue weighted by Gasteiger charge is 2.08. The number of rotatable bonds is 3. The highest BCUT2D eigenvalue weighted by Crippen LogP contribution is 2.14. The molecule has 2 nitrogen and oxygen atoms in total. The van der Waals surface area contributed by atoms with E-state index < -0.39 is 0 Å². The number of hydrogen-bond donors (Lipinski definition) is 1. The first-order valence-electron chi connectivity index (χ1n) is 5.64. The van der Waals surface area contributed by atoms with Crippen LogP contribution >= 0.6 is 0 Å². The zero-order valence-corrected chi connectivity index (χ0v) is 9.89. The largest absolute Gasteiger partial charge is 0.398 e. The molecule has 0 aliphatic heterocycles. The molecule has 0 saturated carbocycles. The topological polar surface area (TPSA) is 43.1 Å². The predicted molar refractivity (Wildman–Crippen MR) is 73.3 cm³/mol. The number of terminal acetylenes is 1. The second-order valence-corrected chi connectivity index (χ2v) is 4.02. The predicted octanol–water partition coefficient (Wildman–Crippen LogP) is 2.68. The van der Waals surface area contributed by atoms with Crippen molar-refractivity contribution < 1.29 is 4.79 Å². The molecule has 0 unspecified atom stereocenters. The third-order valence-electron chi connectivity index (χ3n) is 2.78. The highest BCUT2D eigenvalue weighted by molar-refractivity contribution is 5.98. The van der Waals surface area contributed by atoms with Crippen molar-refractivity contribution in [3.8, 4) is 12.3 Å². The zero-order valence-electron chi connectivity index (χ0n) is 9.89. The van der Waals surface area contributed by atoms with Crippen molar-refractivity contribution in [2.24, 2.45) is 0 Å². The van der Waals surface area contributed by atoms with Gasteiger partial charge in [0.15, 0.2) is 5.78 Å². The summed E-state index contributed by atoms with van der Waals surface area (Å²) < 4.78 is 0. The van der Waals surface area contributed by atoms with Crippen molar-refractivity contribution in [1.29, 1.82) is 0 Å². The van der Waals surface area contributed by atoms with E-state index in [0.29, 0.717) is 17.7 Å². The van der Waals surface area contributed by atoms with Gasteiger partial charge in [-0.15, -0.1) is 6.42 Å². The first-order chi connectivity index (χ1) is 8.70. The Hall–Kier alpha value is -2.53. The summed E-state index contributed by atoms with van der Waals surface area (Å²) in [6.45, 7) is 0. The van der Waals surface area contributed by atoms with Crippen molar-refractivity contribution in [3.63, 3.8) is 0 Å². The summed E-state index contributed by atoms with van der Waals surface area (Å²) in [5.41, 5.74) is 8.73. The van der Waals surface area contributed by atoms with E-state index in [0.717, 1.165) is 11.1 Å². The Labute approximate surface area is 106 Å². The smallest absolute Gasteiger partial charge is 0.167 e. The summed E-state index contributed by atoms with van der Waals surface area (Å²) in [7, 11) is 0. The van der Waals surface area contributed by atoms with Gasteiger partial charge in [-0.25, -0.2) is 0 Å². The molecule has 2 aromatic carbocycles. The molecular weight excluding hydrogens is 222 g/mol. The molecule has 18 heavy (non-hydrogen) atoms. The van der Waals surface area contributed by atoms with E-state index in [-0.39, 0.29) is 5.78 Å². The summed E-state index contributed by atoms with van der Waals surface area (Å²) in [5.74, 6) is 2.56. The minimum absolute atomic E-state index is 0.0384. The maximum Gasteiger partial charge on any atom is 0.167 e. The van der Waals surface area contributed by atoms with E-state index in [1.165, 1.54) is 0 Å². The highest BCUT2D eigenvalue weighted by atomic mass is 16.1. The van der Waals surface area contributed by atoms with Crippen molar-refractivity contribution in [1.82, 2.24) is 0 Å². The Morgan fingerprint density at radius 3 is 2.39 bits per heavy atom. The van der Waals surface area contributed by atoms with Crippen LogP contribution in [0.1, 0.15) is 21.5 Å². The van der Waals surface area contributed by atoms with Gasteiger partial charge in [0.25, 0.3) is 0 Å². The number of anilines is 1. The first kappa shape index (κ1) is 11.9. The summed E-state index contributed by atoms with van der Waals surface area (Å²) in [6, 6.07) is 14.4. The van der Waals surface area contributed by atoms with E-state index in [4.69, 9.17) is 12.2 Å². The first-order valence-corrected chi connectivity index (χ1v) is 5.64. The molecule has 0 heterocycles. The molecule has 0 saturated heterocycles. The van der Waals surface area contributed by atoms with Gasteiger partial charge in [-0.05, 0) is 23.8 Å². The van der Waals surface area contributed by atoms with Crippen LogP contribution < -0.4 is 5.73 Å². The Morgan fingerprint density at radius 2 is 1.78 bits per heavy atom. The fourth-order valence-electron chi connectivity index (χ4n) is 1.72. The molecule has 0 aromatic heterocycles. The van der Waals surface area contributed by atoms with Gasteiger partial charge in [0.05, 0.1) is 0 Å². The summed E-state index contributed by atoms with van der Waals surface area (Å²) in [6.07, 6.45) is 5.58. The molecule has 0 amide bonds. The lowest BCUT2D eigenvalue weighted by Crippen LogP contribution is -2.05. The number of para-hydroxylation sites is 1. The molecule has 2 aromatic rings. The quantitative estimate of drug-likeness (QED) is 0.505. The molecule has 2 N–H and O–H groups in total. The molecule has 88 valence electrons. The standard InChI is InChI=1S/C16H13NO/c1-2-12-7-9-13(10-8-12)16(18)11-14-5-3-4-6-15(14)17/h1,3-10H,11,17H2. The van der Waals surface area contributed by atoms with Gasteiger partial charge in [-0.3, -0.25) is 4.79 Å². The molecule has 0 fully saturated rings. The van der Waals surface area contributed by atoms with Gasteiger partial charge in [-0.1, -0.05) is 36.3 Å². The van der Waals surface area contributed by atoms with Crippen LogP contribution in [0.15, 0.2) is 48.5 Å². The third-order valence-corrected chi connectivity index (χ3v) is 2.78. The maximum atomic E-state index is 12.1. The summed E-state index contributed by atoms with van der Waals surface area (Å²) >= 11 is 0. The maximum absolute atomic E-state index is 12.1. The van der Waals surface area contributed by atoms with Crippen LogP contribution in [0.2, 0.25) is 0 Å². The van der Waals surface area contributed by atoms with Crippen LogP contribution in [-0.4, -0.2) is 5.78 Å². The van der Waals surface area contributed by atoms with Crippen LogP contribution in [0.25, 0.3) is 0 Å². The Bertz CT molecular complexity index is 606. The molecule has 2 rings (SSSR count). The normalized spacial score (nSPS) is 9.72. The number of hydrogen-bond acceptors (Lipinski definition) is 2. The van der Waals surface area contributed by atoms with Gasteiger partial charge in [0.1, 0.15) is 0 Å². The monoisotopic (exact) mass is 235 g/mol. The van der Waals surface area contributed by atoms with Crippen molar-refractivity contribution in [2.75, 3.05) is 5.73 Å². The van der Waals surface area contributed by atoms with Crippen molar-refractivity contribution >= 4 is 11.5 Å². The van der Waals surface area contributed by atoms with Crippen LogP contribution in [0.4, 0.5) is 5.69 Å². The minimum atomic E-state index is 0.0384. The minimum Gasteiger partial charge on any atom is -0.398 e. The number of ketones is 1. The summed E-state index contributed by atoms with van der Waals surface area (Å²) in [4.78, 5) is 12.1. The zero-order chi connectivity index (χ0) is 13.0. The number of nitrogens with two attached hydrogens (primary N) is 1. The average Bonchev–Trinajstić information content (AvgIpc) is 2.41. The number of carbonyl (C=O) groups excluding carboxylic acids is 1. The van der Waals surface area contributed by atoms with Crippen molar-refractivity contribution in [3.05, 3.63) is 65.2 Å². The van der Waals surface area contributed by atoms with Crippen LogP contribution in [0, 0.1) is 12.3 Å². The van der Waals surface area contributed by atoms with Gasteiger partial charge >= 0.3 is 0 Å². The number of benzene rings is 2. The molecule has 0 bridgehead atoms. The lowest BCUT2D eigenvalue weighted by atomic mass is 10.0. The number of nitrogen functional groups attached to an aromatic ring is 1. The lowest BCUT2D eigenvalue weighted by Gasteiger charge is -2.04. The molecule has 0 aliphatic rings. The van der Waals surface area contributed by atoms with Crippen LogP contribution in [0.3, 0.4) is 0 Å². The lowest BCUT2D eigenvalue weighted by molar-refractivity contribution is 0.0993. The Kier molecular flexibility index (Phi) is 3.45. The van der Waals surface area contributed by atoms with E-state index in [9.17, 15) is 4.79 Å². The van der Waals surface area contributed by atoms with Gasteiger partial charge < -0.3 is 5.73 Å². The van der Waals surface area contributed by atoms with E-state index >= 15 is 0 Å². The number of Topliss-reactive ketones (excluding diaryl/α,β-unsaturated/α-hetero) is 1. The van der Waals surface area contributed by atoms with Gasteiger partial charge in [-0.2, -0.15) is 0 Å². The number of carbonyl (C=O) groups is 1. The second-order valence-electron chi connectivity index (χ2n) is 4.02. The fraction of sp³-hybridized carbons (Fsp3) is 0.0625. The van der Waals surface area contributed by atoms with Crippen LogP contribution in [-0.2, 0) is 6.42 Å². The summed E-state index contributed by atoms with van der Waals surface area (Å²) in [5, 5.41) is 0. The van der Waals surface area contributed by atoms with E-state index in [1.807, 2.05) is 18.2 Å². The van der Waals surface area contributed by atoms with Crippen LogP contribution in [0.5, 0.6) is 0 Å².